The largest absolute Gasteiger partial charge is 0.434 e. The molecule has 1 saturated heterocycles. The Morgan fingerprint density at radius 2 is 1.91 bits per heavy atom. The van der Waals surface area contributed by atoms with Crippen molar-refractivity contribution in [2.75, 3.05) is 24.7 Å². The second kappa shape index (κ2) is 11.8. The number of H-pyrrole nitrogens is 1. The van der Waals surface area contributed by atoms with Crippen LogP contribution < -0.4 is 15.4 Å². The third kappa shape index (κ3) is 5.72. The van der Waals surface area contributed by atoms with Gasteiger partial charge in [-0.05, 0) is 36.3 Å². The van der Waals surface area contributed by atoms with Crippen molar-refractivity contribution in [2.24, 2.45) is 11.8 Å². The quantitative estimate of drug-likeness (QED) is 0.257. The molecule has 13 heteroatoms. The predicted molar refractivity (Wildman–Crippen MR) is 159 cm³/mol. The van der Waals surface area contributed by atoms with Crippen LogP contribution in [0.1, 0.15) is 44.2 Å². The van der Waals surface area contributed by atoms with Gasteiger partial charge in [-0.2, -0.15) is 9.97 Å². The lowest BCUT2D eigenvalue weighted by molar-refractivity contribution is 0.0927. The number of rotatable bonds is 7. The normalized spacial score (nSPS) is 20.9. The Kier molecular flexibility index (Phi) is 7.54. The van der Waals surface area contributed by atoms with Crippen molar-refractivity contribution in [1.82, 2.24) is 34.7 Å². The molecule has 1 aliphatic heterocycles. The van der Waals surface area contributed by atoms with Crippen molar-refractivity contribution < 1.29 is 13.9 Å². The maximum Gasteiger partial charge on any atom is 0.434 e. The minimum absolute atomic E-state index is 0.0454. The molecule has 4 aromatic heterocycles. The predicted octanol–water partition coefficient (Wildman–Crippen LogP) is 5.41. The molecule has 1 saturated carbocycles. The Balaban J connectivity index is 1.41. The van der Waals surface area contributed by atoms with Crippen LogP contribution in [0.4, 0.5) is 5.95 Å². The van der Waals surface area contributed by atoms with Crippen LogP contribution in [0.3, 0.4) is 0 Å². The highest BCUT2D eigenvalue weighted by molar-refractivity contribution is 6.30. The van der Waals surface area contributed by atoms with Gasteiger partial charge in [0.2, 0.25) is 17.7 Å². The van der Waals surface area contributed by atoms with Crippen LogP contribution in [0.15, 0.2) is 57.9 Å². The second-order valence-electron chi connectivity index (χ2n) is 11.2. The van der Waals surface area contributed by atoms with Crippen molar-refractivity contribution in [3.8, 4) is 23.5 Å². The van der Waals surface area contributed by atoms with E-state index in [2.05, 4.69) is 48.7 Å². The highest BCUT2D eigenvalue weighted by Crippen LogP contribution is 2.38. The summed E-state index contributed by atoms with van der Waals surface area (Å²) in [6.07, 6.45) is 6.13. The number of imidazole rings is 1. The number of hydrogen-bond acceptors (Lipinski definition) is 10. The van der Waals surface area contributed by atoms with Gasteiger partial charge in [-0.3, -0.25) is 0 Å². The molecule has 1 unspecified atom stereocenters. The van der Waals surface area contributed by atoms with Gasteiger partial charge < -0.3 is 23.4 Å². The summed E-state index contributed by atoms with van der Waals surface area (Å²) < 4.78 is 19.6. The van der Waals surface area contributed by atoms with Gasteiger partial charge in [-0.15, -0.1) is 5.10 Å². The van der Waals surface area contributed by atoms with Crippen LogP contribution in [0.25, 0.3) is 22.9 Å². The number of halogens is 1. The maximum absolute atomic E-state index is 11.8. The molecule has 0 spiro atoms. The number of nitrogens with zero attached hydrogens (tertiary/aromatic N) is 7. The molecule has 2 fully saturated rings. The summed E-state index contributed by atoms with van der Waals surface area (Å²) >= 11 is 6.09. The van der Waals surface area contributed by atoms with Crippen LogP contribution in [-0.4, -0.2) is 54.5 Å². The molecule has 0 radical (unpaired) electrons. The third-order valence-electron chi connectivity index (χ3n) is 8.23. The van der Waals surface area contributed by atoms with E-state index in [0.29, 0.717) is 47.7 Å². The zero-order valence-corrected chi connectivity index (χ0v) is 24.4. The van der Waals surface area contributed by atoms with Gasteiger partial charge in [0, 0.05) is 25.4 Å². The summed E-state index contributed by atoms with van der Waals surface area (Å²) in [4.78, 5) is 32.9. The Morgan fingerprint density at radius 3 is 2.65 bits per heavy atom. The molecule has 222 valence electrons. The summed E-state index contributed by atoms with van der Waals surface area (Å²) in [5, 5.41) is 6.70. The fourth-order valence-corrected chi connectivity index (χ4v) is 6.07. The summed E-state index contributed by atoms with van der Waals surface area (Å²) in [7, 11) is 0. The monoisotopic (exact) mass is 602 g/mol. The average Bonchev–Trinajstić information content (AvgIpc) is 3.63. The molecule has 1 aromatic carbocycles. The Labute approximate surface area is 252 Å². The number of aromatic amines is 1. The number of aromatic nitrogens is 7. The van der Waals surface area contributed by atoms with Crippen molar-refractivity contribution in [1.29, 1.82) is 0 Å². The molecule has 5 heterocycles. The van der Waals surface area contributed by atoms with Crippen LogP contribution >= 0.6 is 11.6 Å². The fraction of sp³-hybridized carbons (Fsp3) is 0.400. The van der Waals surface area contributed by atoms with Crippen molar-refractivity contribution in [3.63, 3.8) is 0 Å². The first-order valence-electron chi connectivity index (χ1n) is 14.5. The van der Waals surface area contributed by atoms with E-state index >= 15 is 0 Å². The molecule has 1 atom stereocenters. The van der Waals surface area contributed by atoms with Gasteiger partial charge >= 0.3 is 5.76 Å². The minimum atomic E-state index is -0.711. The molecule has 12 nitrogen and oxygen atoms in total. The number of anilines is 1. The van der Waals surface area contributed by atoms with Crippen molar-refractivity contribution in [3.05, 3.63) is 69.8 Å². The molecule has 0 bridgehead atoms. The highest BCUT2D eigenvalue weighted by atomic mass is 35.5. The second-order valence-corrected chi connectivity index (χ2v) is 11.6. The molecule has 2 aliphatic rings. The highest BCUT2D eigenvalue weighted by Gasteiger charge is 2.33. The molecule has 43 heavy (non-hydrogen) atoms. The Bertz CT molecular complexity index is 1760. The number of ether oxygens (including phenoxy) is 2. The summed E-state index contributed by atoms with van der Waals surface area (Å²) in [6.45, 7) is 4.79. The lowest BCUT2D eigenvalue weighted by Crippen LogP contribution is -2.41. The van der Waals surface area contributed by atoms with Gasteiger partial charge in [0.15, 0.2) is 11.2 Å². The number of morpholine rings is 1. The lowest BCUT2D eigenvalue weighted by atomic mass is 9.83. The smallest absolute Gasteiger partial charge is 0.418 e. The molecule has 1 N–H and O–H groups in total. The SMILES string of the molecule is CC1CCC(Cn2c(N3CCOCC3c3ccccc3)nc3nc(-c4n[nH]c(=O)o4)nc(Oc4ccc(Cl)cn4)c32)CC1. The molecular formula is C30H31ClN8O4. The number of hydrogen-bond donors (Lipinski definition) is 1. The minimum Gasteiger partial charge on any atom is -0.418 e. The van der Waals surface area contributed by atoms with E-state index in [0.717, 1.165) is 36.8 Å². The molecule has 0 amide bonds. The molecule has 7 rings (SSSR count). The van der Waals surface area contributed by atoms with Crippen LogP contribution in [0, 0.1) is 11.8 Å². The number of fused-ring (bicyclic) bond motifs is 1. The van der Waals surface area contributed by atoms with Gasteiger partial charge in [0.25, 0.3) is 11.8 Å². The number of nitrogens with one attached hydrogen (secondary N) is 1. The average molecular weight is 603 g/mol. The first-order valence-corrected chi connectivity index (χ1v) is 14.9. The van der Waals surface area contributed by atoms with Crippen molar-refractivity contribution >= 4 is 28.7 Å². The van der Waals surface area contributed by atoms with Crippen molar-refractivity contribution in [2.45, 2.75) is 45.2 Å². The van der Waals surface area contributed by atoms with E-state index in [1.165, 1.54) is 19.0 Å². The van der Waals surface area contributed by atoms with Crippen LogP contribution in [-0.2, 0) is 11.3 Å². The third-order valence-corrected chi connectivity index (χ3v) is 8.45. The lowest BCUT2D eigenvalue weighted by Gasteiger charge is -2.37. The zero-order chi connectivity index (χ0) is 29.3. The van der Waals surface area contributed by atoms with Gasteiger partial charge in [0.1, 0.15) is 0 Å². The van der Waals surface area contributed by atoms with Gasteiger partial charge in [-0.1, -0.05) is 61.7 Å². The Morgan fingerprint density at radius 1 is 1.07 bits per heavy atom. The molecule has 5 aromatic rings. The summed E-state index contributed by atoms with van der Waals surface area (Å²) in [5.74, 6) is 1.76. The van der Waals surface area contributed by atoms with Crippen LogP contribution in [0.5, 0.6) is 11.8 Å². The van der Waals surface area contributed by atoms with Gasteiger partial charge in [-0.25, -0.2) is 19.9 Å². The summed E-state index contributed by atoms with van der Waals surface area (Å²) in [5.41, 5.74) is 2.17. The maximum atomic E-state index is 11.8. The Hall–Kier alpha value is -4.29. The van der Waals surface area contributed by atoms with E-state index in [1.54, 1.807) is 12.1 Å². The van der Waals surface area contributed by atoms with Gasteiger partial charge in [0.05, 0.1) is 24.3 Å². The first kappa shape index (κ1) is 27.5. The number of benzene rings is 1. The van der Waals surface area contributed by atoms with E-state index in [1.807, 2.05) is 18.2 Å². The molecule has 1 aliphatic carbocycles. The summed E-state index contributed by atoms with van der Waals surface area (Å²) in [6, 6.07) is 13.6. The van der Waals surface area contributed by atoms with E-state index in [9.17, 15) is 4.79 Å². The standard InChI is InChI=1S/C30H31ClN8O4/c1-18-7-9-19(10-8-18)16-39-24-25(35-29(39)38-13-14-41-17-22(38)20-5-3-2-4-6-20)33-26(28-36-37-30(40)43-28)34-27(24)42-23-12-11-21(31)15-32-23/h2-6,11-12,15,18-19,22H,7-10,13-14,16-17H2,1H3,(H,37,40). The zero-order valence-electron chi connectivity index (χ0n) is 23.6. The van der Waals surface area contributed by atoms with E-state index < -0.39 is 5.76 Å². The topological polar surface area (TPSA) is 137 Å². The van der Waals surface area contributed by atoms with Crippen LogP contribution in [0.2, 0.25) is 5.02 Å². The first-order chi connectivity index (χ1) is 21.0. The van der Waals surface area contributed by atoms with E-state index in [-0.39, 0.29) is 23.6 Å². The fourth-order valence-electron chi connectivity index (χ4n) is 5.96. The number of pyridine rings is 1. The van der Waals surface area contributed by atoms with E-state index in [4.69, 9.17) is 35.5 Å². The molecular weight excluding hydrogens is 572 g/mol.